The first-order valence-electron chi connectivity index (χ1n) is 9.45. The van der Waals surface area contributed by atoms with Gasteiger partial charge in [-0.15, -0.1) is 0 Å². The van der Waals surface area contributed by atoms with E-state index in [1.54, 1.807) is 17.0 Å². The van der Waals surface area contributed by atoms with Crippen LogP contribution in [-0.4, -0.2) is 40.1 Å². The summed E-state index contributed by atoms with van der Waals surface area (Å²) in [6, 6.07) is 6.01. The summed E-state index contributed by atoms with van der Waals surface area (Å²) in [7, 11) is 0. The average molecular weight is 375 g/mol. The molecule has 5 nitrogen and oxygen atoms in total. The lowest BCUT2D eigenvalue weighted by molar-refractivity contribution is -0.0499. The summed E-state index contributed by atoms with van der Waals surface area (Å²) in [4.78, 5) is 19.2. The number of carbonyl (C=O) groups is 1. The highest BCUT2D eigenvalue weighted by Crippen LogP contribution is 2.33. The van der Waals surface area contributed by atoms with Gasteiger partial charge in [0.2, 0.25) is 0 Å². The van der Waals surface area contributed by atoms with E-state index in [1.165, 1.54) is 25.0 Å². The van der Waals surface area contributed by atoms with Crippen molar-refractivity contribution in [3.63, 3.8) is 0 Å². The number of likely N-dealkylation sites (tertiary alicyclic amines) is 1. The number of aromatic nitrogens is 2. The van der Waals surface area contributed by atoms with Crippen molar-refractivity contribution in [2.24, 2.45) is 5.92 Å². The SMILES string of the molecule is O=C(c1cccc(OC(F)F)c1)N1CCC[C@H](c2nccn2CC2CC2)C1. The van der Waals surface area contributed by atoms with Crippen molar-refractivity contribution in [2.75, 3.05) is 13.1 Å². The lowest BCUT2D eigenvalue weighted by atomic mass is 9.96. The van der Waals surface area contributed by atoms with E-state index in [-0.39, 0.29) is 17.6 Å². The molecule has 2 heterocycles. The molecule has 1 saturated carbocycles. The Balaban J connectivity index is 1.46. The van der Waals surface area contributed by atoms with Gasteiger partial charge < -0.3 is 14.2 Å². The maximum atomic E-state index is 12.9. The summed E-state index contributed by atoms with van der Waals surface area (Å²) in [6.45, 7) is -0.633. The summed E-state index contributed by atoms with van der Waals surface area (Å²) in [5.41, 5.74) is 0.370. The highest BCUT2D eigenvalue weighted by Gasteiger charge is 2.30. The number of piperidine rings is 1. The molecule has 1 aromatic heterocycles. The van der Waals surface area contributed by atoms with Gasteiger partial charge in [-0.2, -0.15) is 8.78 Å². The number of amides is 1. The molecule has 27 heavy (non-hydrogen) atoms. The van der Waals surface area contributed by atoms with Crippen LogP contribution >= 0.6 is 0 Å². The van der Waals surface area contributed by atoms with Crippen LogP contribution in [0, 0.1) is 5.92 Å². The van der Waals surface area contributed by atoms with E-state index in [1.807, 2.05) is 12.4 Å². The van der Waals surface area contributed by atoms with Crippen LogP contribution in [0.2, 0.25) is 0 Å². The molecular formula is C20H23F2N3O2. The molecule has 1 amide bonds. The monoisotopic (exact) mass is 375 g/mol. The van der Waals surface area contributed by atoms with Crippen LogP contribution in [0.3, 0.4) is 0 Å². The Labute approximate surface area is 156 Å². The number of alkyl halides is 2. The summed E-state index contributed by atoms with van der Waals surface area (Å²) in [5, 5.41) is 0. The first-order chi connectivity index (χ1) is 13.1. The van der Waals surface area contributed by atoms with Gasteiger partial charge in [-0.3, -0.25) is 4.79 Å². The molecule has 1 saturated heterocycles. The maximum Gasteiger partial charge on any atom is 0.387 e. The minimum absolute atomic E-state index is 0.00406. The van der Waals surface area contributed by atoms with Crippen LogP contribution in [0.15, 0.2) is 36.7 Å². The topological polar surface area (TPSA) is 47.4 Å². The second-order valence-electron chi connectivity index (χ2n) is 7.38. The van der Waals surface area contributed by atoms with E-state index < -0.39 is 6.61 Å². The largest absolute Gasteiger partial charge is 0.435 e. The van der Waals surface area contributed by atoms with Crippen molar-refractivity contribution in [2.45, 2.75) is 44.8 Å². The molecule has 0 N–H and O–H groups in total. The minimum atomic E-state index is -2.90. The Morgan fingerprint density at radius 3 is 2.93 bits per heavy atom. The fraction of sp³-hybridized carbons (Fsp3) is 0.500. The Kier molecular flexibility index (Phi) is 5.09. The molecule has 0 spiro atoms. The fourth-order valence-corrected chi connectivity index (χ4v) is 3.77. The van der Waals surface area contributed by atoms with E-state index in [0.717, 1.165) is 31.1 Å². The number of hydrogen-bond donors (Lipinski definition) is 0. The molecule has 0 radical (unpaired) electrons. The number of carbonyl (C=O) groups excluding carboxylic acids is 1. The van der Waals surface area contributed by atoms with Crippen LogP contribution in [0.25, 0.3) is 0 Å². The van der Waals surface area contributed by atoms with Gasteiger partial charge in [-0.05, 0) is 49.8 Å². The smallest absolute Gasteiger partial charge is 0.387 e. The van der Waals surface area contributed by atoms with Gasteiger partial charge in [-0.1, -0.05) is 6.07 Å². The second kappa shape index (κ2) is 7.66. The third kappa shape index (κ3) is 4.28. The molecule has 1 atom stereocenters. The van der Waals surface area contributed by atoms with Gasteiger partial charge in [0.15, 0.2) is 0 Å². The summed E-state index contributed by atoms with van der Waals surface area (Å²) < 4.78 is 31.5. The number of imidazole rings is 1. The zero-order valence-corrected chi connectivity index (χ0v) is 15.1. The van der Waals surface area contributed by atoms with E-state index in [9.17, 15) is 13.6 Å². The number of ether oxygens (including phenoxy) is 1. The van der Waals surface area contributed by atoms with Crippen molar-refractivity contribution in [1.29, 1.82) is 0 Å². The molecule has 7 heteroatoms. The molecule has 1 aliphatic heterocycles. The van der Waals surface area contributed by atoms with Gasteiger partial charge in [0, 0.05) is 43.5 Å². The predicted molar refractivity (Wildman–Crippen MR) is 95.9 cm³/mol. The van der Waals surface area contributed by atoms with E-state index in [2.05, 4.69) is 14.3 Å². The van der Waals surface area contributed by atoms with Crippen molar-refractivity contribution < 1.29 is 18.3 Å². The lowest BCUT2D eigenvalue weighted by Gasteiger charge is -2.33. The molecule has 2 aromatic rings. The van der Waals surface area contributed by atoms with E-state index in [4.69, 9.17) is 0 Å². The number of hydrogen-bond acceptors (Lipinski definition) is 3. The first kappa shape index (κ1) is 17.9. The second-order valence-corrected chi connectivity index (χ2v) is 7.38. The third-order valence-electron chi connectivity index (χ3n) is 5.28. The maximum absolute atomic E-state index is 12.9. The number of nitrogens with zero attached hydrogens (tertiary/aromatic N) is 3. The van der Waals surface area contributed by atoms with Crippen LogP contribution < -0.4 is 4.74 Å². The molecule has 1 aliphatic carbocycles. The summed E-state index contributed by atoms with van der Waals surface area (Å²) in [6.07, 6.45) is 8.33. The van der Waals surface area contributed by atoms with Gasteiger partial charge >= 0.3 is 6.61 Å². The van der Waals surface area contributed by atoms with Crippen molar-refractivity contribution in [3.8, 4) is 5.75 Å². The van der Waals surface area contributed by atoms with Crippen molar-refractivity contribution in [1.82, 2.24) is 14.5 Å². The van der Waals surface area contributed by atoms with Crippen LogP contribution in [-0.2, 0) is 6.54 Å². The van der Waals surface area contributed by atoms with Gasteiger partial charge in [-0.25, -0.2) is 4.98 Å². The predicted octanol–water partition coefficient (Wildman–Crippen LogP) is 3.91. The number of halogens is 2. The third-order valence-corrected chi connectivity index (χ3v) is 5.28. The molecular weight excluding hydrogens is 352 g/mol. The molecule has 0 unspecified atom stereocenters. The molecule has 1 aromatic carbocycles. The fourth-order valence-electron chi connectivity index (χ4n) is 3.77. The molecule has 144 valence electrons. The Morgan fingerprint density at radius 2 is 2.15 bits per heavy atom. The Bertz CT molecular complexity index is 804. The highest BCUT2D eigenvalue weighted by atomic mass is 19.3. The minimum Gasteiger partial charge on any atom is -0.435 e. The van der Waals surface area contributed by atoms with Crippen molar-refractivity contribution in [3.05, 3.63) is 48.0 Å². The first-order valence-corrected chi connectivity index (χ1v) is 9.45. The zero-order chi connectivity index (χ0) is 18.8. The van der Waals surface area contributed by atoms with Gasteiger partial charge in [0.05, 0.1) is 0 Å². The van der Waals surface area contributed by atoms with Crippen molar-refractivity contribution >= 4 is 5.91 Å². The van der Waals surface area contributed by atoms with E-state index >= 15 is 0 Å². The molecule has 4 rings (SSSR count). The van der Waals surface area contributed by atoms with Gasteiger partial charge in [0.25, 0.3) is 5.91 Å². The summed E-state index contributed by atoms with van der Waals surface area (Å²) >= 11 is 0. The Morgan fingerprint density at radius 1 is 1.30 bits per heavy atom. The summed E-state index contributed by atoms with van der Waals surface area (Å²) in [5.74, 6) is 1.87. The Hall–Kier alpha value is -2.44. The van der Waals surface area contributed by atoms with Gasteiger partial charge in [0.1, 0.15) is 11.6 Å². The zero-order valence-electron chi connectivity index (χ0n) is 15.1. The van der Waals surface area contributed by atoms with Crippen LogP contribution in [0.4, 0.5) is 8.78 Å². The normalized spacial score (nSPS) is 20.1. The quantitative estimate of drug-likeness (QED) is 0.769. The number of rotatable bonds is 6. The van der Waals surface area contributed by atoms with E-state index in [0.29, 0.717) is 18.7 Å². The van der Waals surface area contributed by atoms with Crippen LogP contribution in [0.1, 0.15) is 47.8 Å². The molecule has 2 aliphatic rings. The average Bonchev–Trinajstić information content (AvgIpc) is 3.36. The lowest BCUT2D eigenvalue weighted by Crippen LogP contribution is -2.39. The number of benzene rings is 1. The molecule has 2 fully saturated rings. The standard InChI is InChI=1S/C20H23F2N3O2/c21-20(22)27-17-5-1-3-15(11-17)19(26)25-9-2-4-16(13-25)18-23-8-10-24(18)12-14-6-7-14/h1,3,5,8,10-11,14,16,20H,2,4,6-7,9,12-13H2/t16-/m0/s1. The molecule has 0 bridgehead atoms. The van der Waals surface area contributed by atoms with Crippen LogP contribution in [0.5, 0.6) is 5.75 Å². The highest BCUT2D eigenvalue weighted by molar-refractivity contribution is 5.94.